The largest absolute Gasteiger partial charge is 0.356 e. The smallest absolute Gasteiger partial charge is 0.191 e. The minimum Gasteiger partial charge on any atom is -0.356 e. The second kappa shape index (κ2) is 8.37. The molecule has 1 aromatic heterocycles. The summed E-state index contributed by atoms with van der Waals surface area (Å²) in [5.41, 5.74) is 0. The van der Waals surface area contributed by atoms with E-state index >= 15 is 0 Å². The number of hydrogen-bond acceptors (Lipinski definition) is 3. The number of aliphatic imine (C=N–C) groups is 1. The number of hydrogen-bond donors (Lipinski definition) is 2. The second-order valence-electron chi connectivity index (χ2n) is 6.02. The number of aryl methyl sites for hydroxylation is 1. The van der Waals surface area contributed by atoms with Gasteiger partial charge in [0.1, 0.15) is 5.01 Å². The first kappa shape index (κ1) is 16.3. The van der Waals surface area contributed by atoms with Crippen LogP contribution in [0.5, 0.6) is 0 Å². The summed E-state index contributed by atoms with van der Waals surface area (Å²) in [5.74, 6) is 2.56. The Hall–Kier alpha value is -1.10. The molecule has 1 saturated carbocycles. The van der Waals surface area contributed by atoms with Gasteiger partial charge in [0.2, 0.25) is 0 Å². The maximum Gasteiger partial charge on any atom is 0.191 e. The van der Waals surface area contributed by atoms with E-state index in [0.29, 0.717) is 0 Å². The molecule has 2 unspecified atom stereocenters. The minimum atomic E-state index is 0.755. The molecule has 1 aliphatic rings. The molecule has 5 heteroatoms. The Kier molecular flexibility index (Phi) is 6.49. The lowest BCUT2D eigenvalue weighted by Gasteiger charge is -2.27. The maximum absolute atomic E-state index is 4.43. The normalized spacial score (nSPS) is 23.1. The van der Waals surface area contributed by atoms with E-state index in [4.69, 9.17) is 0 Å². The Morgan fingerprint density at radius 1 is 1.43 bits per heavy atom. The van der Waals surface area contributed by atoms with Crippen molar-refractivity contribution < 1.29 is 0 Å². The van der Waals surface area contributed by atoms with Gasteiger partial charge in [0, 0.05) is 24.7 Å². The van der Waals surface area contributed by atoms with E-state index in [2.05, 4.69) is 34.5 Å². The fourth-order valence-corrected chi connectivity index (χ4v) is 3.76. The summed E-state index contributed by atoms with van der Waals surface area (Å²) in [6.07, 6.45) is 8.49. The monoisotopic (exact) mass is 308 g/mol. The lowest BCUT2D eigenvalue weighted by atomic mass is 9.82. The van der Waals surface area contributed by atoms with Crippen LogP contribution in [0, 0.1) is 11.8 Å². The minimum absolute atomic E-state index is 0.755. The van der Waals surface area contributed by atoms with Crippen LogP contribution in [0.1, 0.15) is 49.4 Å². The Bertz CT molecular complexity index is 455. The molecule has 0 aliphatic heterocycles. The molecule has 0 saturated heterocycles. The van der Waals surface area contributed by atoms with Gasteiger partial charge in [-0.2, -0.15) is 0 Å². The zero-order chi connectivity index (χ0) is 15.1. The highest BCUT2D eigenvalue weighted by molar-refractivity contribution is 7.11. The zero-order valence-electron chi connectivity index (χ0n) is 13.5. The average molecular weight is 308 g/mol. The molecule has 0 spiro atoms. The van der Waals surface area contributed by atoms with Crippen LogP contribution in [0.15, 0.2) is 11.2 Å². The van der Waals surface area contributed by atoms with Gasteiger partial charge in [-0.1, -0.05) is 26.7 Å². The standard InChI is InChI=1S/C16H28N4S/c1-4-14-10-18-15(21-14)11-20-16(17-3)19-9-13-7-5-6-12(2)8-13/h10,12-13H,4-9,11H2,1-3H3,(H2,17,19,20). The van der Waals surface area contributed by atoms with E-state index in [1.165, 1.54) is 30.6 Å². The molecule has 2 N–H and O–H groups in total. The highest BCUT2D eigenvalue weighted by Crippen LogP contribution is 2.27. The van der Waals surface area contributed by atoms with Crippen LogP contribution < -0.4 is 10.6 Å². The van der Waals surface area contributed by atoms with Crippen molar-refractivity contribution in [2.75, 3.05) is 13.6 Å². The molecule has 0 radical (unpaired) electrons. The molecule has 0 bridgehead atoms. The van der Waals surface area contributed by atoms with Crippen molar-refractivity contribution in [3.63, 3.8) is 0 Å². The molecule has 118 valence electrons. The van der Waals surface area contributed by atoms with Gasteiger partial charge < -0.3 is 10.6 Å². The van der Waals surface area contributed by atoms with Gasteiger partial charge in [-0.15, -0.1) is 11.3 Å². The van der Waals surface area contributed by atoms with Crippen LogP contribution in [0.25, 0.3) is 0 Å². The van der Waals surface area contributed by atoms with Crippen LogP contribution >= 0.6 is 11.3 Å². The molecule has 0 aromatic carbocycles. The molecule has 1 fully saturated rings. The lowest BCUT2D eigenvalue weighted by Crippen LogP contribution is -2.40. The van der Waals surface area contributed by atoms with Gasteiger partial charge in [0.05, 0.1) is 6.54 Å². The molecule has 1 aromatic rings. The molecule has 1 heterocycles. The van der Waals surface area contributed by atoms with Crippen LogP contribution in [0.3, 0.4) is 0 Å². The fourth-order valence-electron chi connectivity index (χ4n) is 2.96. The van der Waals surface area contributed by atoms with Gasteiger partial charge in [-0.25, -0.2) is 4.98 Å². The van der Waals surface area contributed by atoms with Gasteiger partial charge in [-0.3, -0.25) is 4.99 Å². The van der Waals surface area contributed by atoms with E-state index in [9.17, 15) is 0 Å². The van der Waals surface area contributed by atoms with E-state index in [1.54, 1.807) is 11.3 Å². The summed E-state index contributed by atoms with van der Waals surface area (Å²) >= 11 is 1.78. The number of nitrogens with one attached hydrogen (secondary N) is 2. The predicted octanol–water partition coefficient (Wildman–Crippen LogP) is 3.20. The predicted molar refractivity (Wildman–Crippen MR) is 90.8 cm³/mol. The highest BCUT2D eigenvalue weighted by Gasteiger charge is 2.18. The van der Waals surface area contributed by atoms with Crippen LogP contribution in [0.4, 0.5) is 0 Å². The number of rotatable bonds is 5. The summed E-state index contributed by atoms with van der Waals surface area (Å²) in [4.78, 5) is 10.1. The van der Waals surface area contributed by atoms with E-state index in [-0.39, 0.29) is 0 Å². The summed E-state index contributed by atoms with van der Waals surface area (Å²) < 4.78 is 0. The summed E-state index contributed by atoms with van der Waals surface area (Å²) in [5, 5.41) is 7.95. The van der Waals surface area contributed by atoms with Crippen LogP contribution in [0.2, 0.25) is 0 Å². The van der Waals surface area contributed by atoms with E-state index < -0.39 is 0 Å². The number of thiazole rings is 1. The summed E-state index contributed by atoms with van der Waals surface area (Å²) in [7, 11) is 1.83. The molecule has 0 amide bonds. The Labute approximate surface area is 132 Å². The van der Waals surface area contributed by atoms with Crippen molar-refractivity contribution >= 4 is 17.3 Å². The van der Waals surface area contributed by atoms with Gasteiger partial charge in [0.25, 0.3) is 0 Å². The number of guanidine groups is 1. The molecule has 2 rings (SSSR count). The number of aromatic nitrogens is 1. The summed E-state index contributed by atoms with van der Waals surface area (Å²) in [6.45, 7) is 6.32. The van der Waals surface area contributed by atoms with Crippen LogP contribution in [-0.2, 0) is 13.0 Å². The van der Waals surface area contributed by atoms with E-state index in [1.807, 2.05) is 13.2 Å². The van der Waals surface area contributed by atoms with Crippen molar-refractivity contribution in [1.82, 2.24) is 15.6 Å². The second-order valence-corrected chi connectivity index (χ2v) is 7.22. The molecule has 1 aliphatic carbocycles. The molecule has 2 atom stereocenters. The van der Waals surface area contributed by atoms with Crippen molar-refractivity contribution in [3.05, 3.63) is 16.1 Å². The van der Waals surface area contributed by atoms with Gasteiger partial charge in [-0.05, 0) is 31.1 Å². The van der Waals surface area contributed by atoms with Crippen molar-refractivity contribution in [2.24, 2.45) is 16.8 Å². The third kappa shape index (κ3) is 5.30. The first-order chi connectivity index (χ1) is 10.2. The van der Waals surface area contributed by atoms with E-state index in [0.717, 1.165) is 42.3 Å². The zero-order valence-corrected chi connectivity index (χ0v) is 14.3. The van der Waals surface area contributed by atoms with Crippen molar-refractivity contribution in [2.45, 2.75) is 52.5 Å². The first-order valence-electron chi connectivity index (χ1n) is 8.09. The third-order valence-electron chi connectivity index (χ3n) is 4.18. The molecule has 21 heavy (non-hydrogen) atoms. The average Bonchev–Trinajstić information content (AvgIpc) is 2.95. The topological polar surface area (TPSA) is 49.3 Å². The Balaban J connectivity index is 1.73. The Morgan fingerprint density at radius 2 is 2.29 bits per heavy atom. The molecular weight excluding hydrogens is 280 g/mol. The van der Waals surface area contributed by atoms with Crippen molar-refractivity contribution in [1.29, 1.82) is 0 Å². The molecular formula is C16H28N4S. The van der Waals surface area contributed by atoms with Crippen molar-refractivity contribution in [3.8, 4) is 0 Å². The highest BCUT2D eigenvalue weighted by atomic mass is 32.1. The Morgan fingerprint density at radius 3 is 2.95 bits per heavy atom. The molecule has 4 nitrogen and oxygen atoms in total. The lowest BCUT2D eigenvalue weighted by molar-refractivity contribution is 0.282. The SMILES string of the molecule is CCc1cnc(CNC(=NC)NCC2CCCC(C)C2)s1. The third-order valence-corrected chi connectivity index (χ3v) is 5.33. The quantitative estimate of drug-likeness (QED) is 0.649. The fraction of sp³-hybridized carbons (Fsp3) is 0.750. The van der Waals surface area contributed by atoms with Gasteiger partial charge in [0.15, 0.2) is 5.96 Å². The first-order valence-corrected chi connectivity index (χ1v) is 8.91. The summed E-state index contributed by atoms with van der Waals surface area (Å²) in [6, 6.07) is 0. The van der Waals surface area contributed by atoms with Crippen LogP contribution in [-0.4, -0.2) is 24.5 Å². The maximum atomic E-state index is 4.43. The van der Waals surface area contributed by atoms with Gasteiger partial charge >= 0.3 is 0 Å². The number of nitrogens with zero attached hydrogens (tertiary/aromatic N) is 2.